The third kappa shape index (κ3) is 8.12. The monoisotopic (exact) mass is 603 g/mol. The molecule has 0 bridgehead atoms. The van der Waals surface area contributed by atoms with E-state index in [4.69, 9.17) is 0 Å². The van der Waals surface area contributed by atoms with Crippen LogP contribution in [0.5, 0.6) is 0 Å². The topological polar surface area (TPSA) is 86.8 Å². The van der Waals surface area contributed by atoms with E-state index in [9.17, 15) is 31.2 Å². The van der Waals surface area contributed by atoms with Crippen LogP contribution < -0.4 is 9.62 Å². The third-order valence-electron chi connectivity index (χ3n) is 6.74. The first kappa shape index (κ1) is 32.7. The molecule has 1 N–H and O–H groups in total. The zero-order chi connectivity index (χ0) is 31.1. The first-order chi connectivity index (χ1) is 19.8. The van der Waals surface area contributed by atoms with Crippen molar-refractivity contribution in [2.45, 2.75) is 57.8 Å². The Balaban J connectivity index is 2.11. The molecule has 226 valence electrons. The first-order valence-electron chi connectivity index (χ1n) is 13.6. The molecule has 0 saturated heterocycles. The smallest absolute Gasteiger partial charge is 0.354 e. The van der Waals surface area contributed by atoms with E-state index in [-0.39, 0.29) is 29.5 Å². The van der Waals surface area contributed by atoms with Crippen molar-refractivity contribution in [1.29, 1.82) is 0 Å². The molecule has 2 amide bonds. The van der Waals surface area contributed by atoms with Gasteiger partial charge < -0.3 is 10.2 Å². The van der Waals surface area contributed by atoms with Crippen LogP contribution in [0.15, 0.2) is 83.8 Å². The van der Waals surface area contributed by atoms with Crippen LogP contribution in [0.4, 0.5) is 18.9 Å². The van der Waals surface area contributed by atoms with Gasteiger partial charge in [-0.2, -0.15) is 13.2 Å². The summed E-state index contributed by atoms with van der Waals surface area (Å²) < 4.78 is 69.1. The van der Waals surface area contributed by atoms with Gasteiger partial charge in [-0.05, 0) is 60.7 Å². The Kier molecular flexibility index (Phi) is 10.8. The molecular weight excluding hydrogens is 567 g/mol. The molecule has 0 fully saturated rings. The highest BCUT2D eigenvalue weighted by Crippen LogP contribution is 2.33. The largest absolute Gasteiger partial charge is 0.416 e. The van der Waals surface area contributed by atoms with E-state index < -0.39 is 46.2 Å². The van der Waals surface area contributed by atoms with E-state index in [0.717, 1.165) is 23.3 Å². The number of nitrogens with one attached hydrogen (secondary N) is 1. The SMILES string of the molecule is CC[C@H](C(=O)NCC(C)C)N(Cc1ccccc1C)C(=O)CN(c1cccc(C(F)(F)F)c1)S(=O)(=O)c1ccccc1. The van der Waals surface area contributed by atoms with Crippen LogP contribution in [0.1, 0.15) is 43.9 Å². The number of amides is 2. The van der Waals surface area contributed by atoms with Gasteiger partial charge in [-0.25, -0.2) is 8.42 Å². The highest BCUT2D eigenvalue weighted by molar-refractivity contribution is 7.92. The van der Waals surface area contributed by atoms with Crippen molar-refractivity contribution in [2.24, 2.45) is 5.92 Å². The van der Waals surface area contributed by atoms with Crippen molar-refractivity contribution in [3.05, 3.63) is 95.6 Å². The number of halogens is 3. The minimum absolute atomic E-state index is 0.000920. The molecule has 3 aromatic carbocycles. The molecular formula is C31H36F3N3O4S. The van der Waals surface area contributed by atoms with Gasteiger partial charge in [0.2, 0.25) is 11.8 Å². The van der Waals surface area contributed by atoms with E-state index in [1.54, 1.807) is 25.1 Å². The Hall–Kier alpha value is -3.86. The maximum atomic E-state index is 14.1. The van der Waals surface area contributed by atoms with Gasteiger partial charge in [0.25, 0.3) is 10.0 Å². The van der Waals surface area contributed by atoms with Gasteiger partial charge >= 0.3 is 6.18 Å². The molecule has 7 nitrogen and oxygen atoms in total. The first-order valence-corrected chi connectivity index (χ1v) is 15.1. The van der Waals surface area contributed by atoms with Gasteiger partial charge in [-0.1, -0.05) is 69.3 Å². The van der Waals surface area contributed by atoms with E-state index in [2.05, 4.69) is 5.32 Å². The summed E-state index contributed by atoms with van der Waals surface area (Å²) >= 11 is 0. The van der Waals surface area contributed by atoms with Crippen LogP contribution >= 0.6 is 0 Å². The molecule has 0 saturated carbocycles. The van der Waals surface area contributed by atoms with Crippen molar-refractivity contribution in [2.75, 3.05) is 17.4 Å². The summed E-state index contributed by atoms with van der Waals surface area (Å²) in [5.74, 6) is -0.981. The van der Waals surface area contributed by atoms with Gasteiger partial charge in [-0.15, -0.1) is 0 Å². The van der Waals surface area contributed by atoms with Gasteiger partial charge in [0.1, 0.15) is 12.6 Å². The number of aryl methyl sites for hydroxylation is 1. The summed E-state index contributed by atoms with van der Waals surface area (Å²) in [5, 5.41) is 2.84. The van der Waals surface area contributed by atoms with E-state index in [1.807, 2.05) is 32.9 Å². The average Bonchev–Trinajstić information content (AvgIpc) is 2.95. The number of carbonyl (C=O) groups is 2. The van der Waals surface area contributed by atoms with Gasteiger partial charge in [-0.3, -0.25) is 13.9 Å². The zero-order valence-corrected chi connectivity index (χ0v) is 24.9. The number of nitrogens with zero attached hydrogens (tertiary/aromatic N) is 2. The van der Waals surface area contributed by atoms with Crippen molar-refractivity contribution in [3.8, 4) is 0 Å². The average molecular weight is 604 g/mol. The number of alkyl halides is 3. The second-order valence-electron chi connectivity index (χ2n) is 10.4. The molecule has 3 aromatic rings. The Morgan fingerprint density at radius 2 is 1.57 bits per heavy atom. The number of benzene rings is 3. The summed E-state index contributed by atoms with van der Waals surface area (Å²) in [6.45, 7) is 7.01. The number of carbonyl (C=O) groups excluding carboxylic acids is 2. The molecule has 0 heterocycles. The van der Waals surface area contributed by atoms with Crippen molar-refractivity contribution < 1.29 is 31.2 Å². The number of anilines is 1. The summed E-state index contributed by atoms with van der Waals surface area (Å²) in [4.78, 5) is 28.4. The molecule has 0 radical (unpaired) electrons. The lowest BCUT2D eigenvalue weighted by atomic mass is 10.1. The Bertz CT molecular complexity index is 1480. The lowest BCUT2D eigenvalue weighted by molar-refractivity contribution is -0.140. The molecule has 3 rings (SSSR count). The van der Waals surface area contributed by atoms with E-state index in [1.165, 1.54) is 35.2 Å². The summed E-state index contributed by atoms with van der Waals surface area (Å²) in [5.41, 5.74) is 0.226. The highest BCUT2D eigenvalue weighted by atomic mass is 32.2. The molecule has 11 heteroatoms. The molecule has 42 heavy (non-hydrogen) atoms. The molecule has 0 aliphatic heterocycles. The lowest BCUT2D eigenvalue weighted by Crippen LogP contribution is -2.52. The number of sulfonamides is 1. The van der Waals surface area contributed by atoms with Crippen LogP contribution in [0, 0.1) is 12.8 Å². The molecule has 0 unspecified atom stereocenters. The normalized spacial score (nSPS) is 12.6. The molecule has 0 spiro atoms. The third-order valence-corrected chi connectivity index (χ3v) is 8.53. The van der Waals surface area contributed by atoms with Crippen LogP contribution in [0.25, 0.3) is 0 Å². The molecule has 0 aliphatic carbocycles. The molecule has 0 aliphatic rings. The fourth-order valence-electron chi connectivity index (χ4n) is 4.40. The summed E-state index contributed by atoms with van der Waals surface area (Å²) in [6, 6.07) is 17.3. The van der Waals surface area contributed by atoms with Gasteiger partial charge in [0, 0.05) is 13.1 Å². The second kappa shape index (κ2) is 13.9. The standard InChI is InChI=1S/C31H36F3N3O4S/c1-5-28(30(39)35-19-22(2)3)36(20-24-13-10-9-12-23(24)4)29(38)21-37(42(40,41)27-16-7-6-8-17-27)26-15-11-14-25(18-26)31(32,33)34/h6-18,22,28H,5,19-21H2,1-4H3,(H,35,39)/t28-/m1/s1. The second-order valence-corrected chi connectivity index (χ2v) is 12.2. The Morgan fingerprint density at radius 1 is 0.929 bits per heavy atom. The number of rotatable bonds is 12. The van der Waals surface area contributed by atoms with Crippen molar-refractivity contribution >= 4 is 27.5 Å². The molecule has 1 atom stereocenters. The quantitative estimate of drug-likeness (QED) is 0.284. The predicted octanol–water partition coefficient (Wildman–Crippen LogP) is 5.79. The van der Waals surface area contributed by atoms with E-state index >= 15 is 0 Å². The van der Waals surface area contributed by atoms with Gasteiger partial charge in [0.15, 0.2) is 0 Å². The maximum absolute atomic E-state index is 14.1. The minimum Gasteiger partial charge on any atom is -0.354 e. The fraction of sp³-hybridized carbons (Fsp3) is 0.355. The van der Waals surface area contributed by atoms with Crippen LogP contribution in [-0.2, 0) is 32.3 Å². The number of hydrogen-bond acceptors (Lipinski definition) is 4. The van der Waals surface area contributed by atoms with Gasteiger partial charge in [0.05, 0.1) is 16.1 Å². The minimum atomic E-state index is -4.74. The van der Waals surface area contributed by atoms with E-state index in [0.29, 0.717) is 16.9 Å². The van der Waals surface area contributed by atoms with Crippen LogP contribution in [0.2, 0.25) is 0 Å². The number of hydrogen-bond donors (Lipinski definition) is 1. The summed E-state index contributed by atoms with van der Waals surface area (Å²) in [7, 11) is -4.48. The lowest BCUT2D eigenvalue weighted by Gasteiger charge is -2.33. The van der Waals surface area contributed by atoms with Crippen LogP contribution in [0.3, 0.4) is 0 Å². The van der Waals surface area contributed by atoms with Crippen LogP contribution in [-0.4, -0.2) is 44.3 Å². The van der Waals surface area contributed by atoms with Crippen molar-refractivity contribution in [1.82, 2.24) is 10.2 Å². The zero-order valence-electron chi connectivity index (χ0n) is 24.1. The Labute approximate surface area is 245 Å². The summed E-state index contributed by atoms with van der Waals surface area (Å²) in [6.07, 6.45) is -4.50. The van der Waals surface area contributed by atoms with Crippen molar-refractivity contribution in [3.63, 3.8) is 0 Å². The Morgan fingerprint density at radius 3 is 2.17 bits per heavy atom. The fourth-order valence-corrected chi connectivity index (χ4v) is 5.83. The highest BCUT2D eigenvalue weighted by Gasteiger charge is 2.36. The molecule has 0 aromatic heterocycles. The maximum Gasteiger partial charge on any atom is 0.416 e. The predicted molar refractivity (Wildman–Crippen MR) is 156 cm³/mol.